The molecule has 0 aromatic heterocycles. The SMILES string of the molecule is CCNC(CN1C(=O)CCCC1=O)C(C)CC. The number of hydrogen-bond donors (Lipinski definition) is 1. The number of piperidine rings is 1. The van der Waals surface area contributed by atoms with Crippen molar-refractivity contribution in [3.05, 3.63) is 0 Å². The van der Waals surface area contributed by atoms with E-state index >= 15 is 0 Å². The fourth-order valence-corrected chi connectivity index (χ4v) is 2.19. The number of likely N-dealkylation sites (tertiary alicyclic amines) is 1. The van der Waals surface area contributed by atoms with E-state index in [2.05, 4.69) is 26.1 Å². The van der Waals surface area contributed by atoms with Crippen molar-refractivity contribution in [3.8, 4) is 0 Å². The Hall–Kier alpha value is -0.900. The van der Waals surface area contributed by atoms with Gasteiger partial charge in [0.1, 0.15) is 0 Å². The van der Waals surface area contributed by atoms with Crippen molar-refractivity contribution >= 4 is 11.8 Å². The van der Waals surface area contributed by atoms with E-state index in [0.717, 1.165) is 13.0 Å². The summed E-state index contributed by atoms with van der Waals surface area (Å²) in [5, 5.41) is 3.38. The van der Waals surface area contributed by atoms with E-state index in [9.17, 15) is 9.59 Å². The van der Waals surface area contributed by atoms with Crippen LogP contribution in [0.4, 0.5) is 0 Å². The number of carbonyl (C=O) groups excluding carboxylic acids is 2. The van der Waals surface area contributed by atoms with Gasteiger partial charge in [0.2, 0.25) is 11.8 Å². The van der Waals surface area contributed by atoms with E-state index in [1.807, 2.05) is 0 Å². The lowest BCUT2D eigenvalue weighted by Crippen LogP contribution is -2.50. The van der Waals surface area contributed by atoms with Crippen LogP contribution in [0.1, 0.15) is 46.5 Å². The zero-order valence-corrected chi connectivity index (χ0v) is 11.2. The Morgan fingerprint density at radius 1 is 1.24 bits per heavy atom. The molecule has 0 saturated carbocycles. The summed E-state index contributed by atoms with van der Waals surface area (Å²) < 4.78 is 0. The van der Waals surface area contributed by atoms with Gasteiger partial charge in [0.15, 0.2) is 0 Å². The van der Waals surface area contributed by atoms with Gasteiger partial charge in [-0.1, -0.05) is 27.2 Å². The number of nitrogens with zero attached hydrogens (tertiary/aromatic N) is 1. The monoisotopic (exact) mass is 240 g/mol. The summed E-state index contributed by atoms with van der Waals surface area (Å²) >= 11 is 0. The van der Waals surface area contributed by atoms with Crippen LogP contribution in [-0.2, 0) is 9.59 Å². The van der Waals surface area contributed by atoms with Crippen LogP contribution in [0.5, 0.6) is 0 Å². The molecule has 98 valence electrons. The Labute approximate surface area is 104 Å². The lowest BCUT2D eigenvalue weighted by atomic mass is 9.97. The molecule has 0 aromatic rings. The highest BCUT2D eigenvalue weighted by atomic mass is 16.2. The molecule has 1 saturated heterocycles. The summed E-state index contributed by atoms with van der Waals surface area (Å²) in [5.41, 5.74) is 0. The molecule has 1 aliphatic heterocycles. The van der Waals surface area contributed by atoms with Gasteiger partial charge < -0.3 is 5.32 Å². The molecule has 0 aromatic carbocycles. The lowest BCUT2D eigenvalue weighted by Gasteiger charge is -2.32. The van der Waals surface area contributed by atoms with Crippen molar-refractivity contribution in [1.82, 2.24) is 10.2 Å². The second-order valence-electron chi connectivity index (χ2n) is 4.80. The first-order valence-corrected chi connectivity index (χ1v) is 6.66. The third-order valence-corrected chi connectivity index (χ3v) is 3.56. The first kappa shape index (κ1) is 14.2. The summed E-state index contributed by atoms with van der Waals surface area (Å²) in [7, 11) is 0. The standard InChI is InChI=1S/C13H24N2O2/c1-4-10(3)11(14-5-2)9-15-12(16)7-6-8-13(15)17/h10-11,14H,4-9H2,1-3H3. The third kappa shape index (κ3) is 3.80. The first-order valence-electron chi connectivity index (χ1n) is 6.66. The number of imide groups is 1. The largest absolute Gasteiger partial charge is 0.312 e. The second kappa shape index (κ2) is 6.74. The molecule has 1 N–H and O–H groups in total. The van der Waals surface area contributed by atoms with E-state index in [0.29, 0.717) is 31.7 Å². The predicted octanol–water partition coefficient (Wildman–Crippen LogP) is 1.55. The van der Waals surface area contributed by atoms with Crippen molar-refractivity contribution in [2.75, 3.05) is 13.1 Å². The van der Waals surface area contributed by atoms with Gasteiger partial charge >= 0.3 is 0 Å². The molecule has 17 heavy (non-hydrogen) atoms. The minimum Gasteiger partial charge on any atom is -0.312 e. The average molecular weight is 240 g/mol. The van der Waals surface area contributed by atoms with Gasteiger partial charge in [-0.25, -0.2) is 0 Å². The number of amides is 2. The summed E-state index contributed by atoms with van der Waals surface area (Å²) in [6.45, 7) is 7.74. The van der Waals surface area contributed by atoms with Crippen LogP contribution in [0.3, 0.4) is 0 Å². The summed E-state index contributed by atoms with van der Waals surface area (Å²) in [6, 6.07) is 0.219. The Bertz CT molecular complexity index is 263. The Balaban J connectivity index is 2.63. The molecule has 2 atom stereocenters. The summed E-state index contributed by atoms with van der Waals surface area (Å²) in [6.07, 6.45) is 2.80. The molecule has 1 aliphatic rings. The van der Waals surface area contributed by atoms with Crippen LogP contribution in [0.2, 0.25) is 0 Å². The zero-order chi connectivity index (χ0) is 12.8. The van der Waals surface area contributed by atoms with Crippen molar-refractivity contribution in [1.29, 1.82) is 0 Å². The number of hydrogen-bond acceptors (Lipinski definition) is 3. The molecule has 0 radical (unpaired) electrons. The van der Waals surface area contributed by atoms with Crippen molar-refractivity contribution in [3.63, 3.8) is 0 Å². The second-order valence-corrected chi connectivity index (χ2v) is 4.80. The highest BCUT2D eigenvalue weighted by Crippen LogP contribution is 2.16. The summed E-state index contributed by atoms with van der Waals surface area (Å²) in [4.78, 5) is 24.9. The lowest BCUT2D eigenvalue weighted by molar-refractivity contribution is -0.148. The molecule has 0 spiro atoms. The maximum absolute atomic E-state index is 11.7. The first-order chi connectivity index (χ1) is 8.10. The van der Waals surface area contributed by atoms with Gasteiger partial charge in [0.05, 0.1) is 0 Å². The maximum atomic E-state index is 11.7. The van der Waals surface area contributed by atoms with Gasteiger partial charge in [0, 0.05) is 25.4 Å². The molecule has 1 heterocycles. The number of carbonyl (C=O) groups is 2. The molecule has 4 heteroatoms. The van der Waals surface area contributed by atoms with Crippen LogP contribution in [-0.4, -0.2) is 35.8 Å². The quantitative estimate of drug-likeness (QED) is 0.717. The normalized spacial score (nSPS) is 20.5. The average Bonchev–Trinajstić information content (AvgIpc) is 2.31. The smallest absolute Gasteiger partial charge is 0.229 e. The van der Waals surface area contributed by atoms with Gasteiger partial charge in [-0.2, -0.15) is 0 Å². The molecule has 0 bridgehead atoms. The van der Waals surface area contributed by atoms with Crippen molar-refractivity contribution in [2.45, 2.75) is 52.5 Å². The van der Waals surface area contributed by atoms with Gasteiger partial charge in [-0.3, -0.25) is 14.5 Å². The van der Waals surface area contributed by atoms with E-state index in [1.54, 1.807) is 0 Å². The third-order valence-electron chi connectivity index (χ3n) is 3.56. The Morgan fingerprint density at radius 3 is 2.29 bits per heavy atom. The maximum Gasteiger partial charge on any atom is 0.229 e. The predicted molar refractivity (Wildman–Crippen MR) is 67.5 cm³/mol. The van der Waals surface area contributed by atoms with Crippen molar-refractivity contribution in [2.24, 2.45) is 5.92 Å². The van der Waals surface area contributed by atoms with E-state index in [4.69, 9.17) is 0 Å². The van der Waals surface area contributed by atoms with E-state index < -0.39 is 0 Å². The minimum absolute atomic E-state index is 0.00699. The molecular weight excluding hydrogens is 216 g/mol. The van der Waals surface area contributed by atoms with Crippen LogP contribution < -0.4 is 5.32 Å². The fraction of sp³-hybridized carbons (Fsp3) is 0.846. The van der Waals surface area contributed by atoms with Crippen LogP contribution >= 0.6 is 0 Å². The van der Waals surface area contributed by atoms with Crippen molar-refractivity contribution < 1.29 is 9.59 Å². The Kier molecular flexibility index (Phi) is 5.62. The highest BCUT2D eigenvalue weighted by molar-refractivity contribution is 5.97. The fourth-order valence-electron chi connectivity index (χ4n) is 2.19. The van der Waals surface area contributed by atoms with Gasteiger partial charge in [-0.05, 0) is 18.9 Å². The van der Waals surface area contributed by atoms with Gasteiger partial charge in [0.25, 0.3) is 0 Å². The molecule has 2 unspecified atom stereocenters. The molecule has 0 aliphatic carbocycles. The van der Waals surface area contributed by atoms with Gasteiger partial charge in [-0.15, -0.1) is 0 Å². The van der Waals surface area contributed by atoms with Crippen LogP contribution in [0.25, 0.3) is 0 Å². The van der Waals surface area contributed by atoms with Crippen LogP contribution in [0.15, 0.2) is 0 Å². The number of likely N-dealkylation sites (N-methyl/N-ethyl adjacent to an activating group) is 1. The molecule has 4 nitrogen and oxygen atoms in total. The van der Waals surface area contributed by atoms with Crippen LogP contribution in [0, 0.1) is 5.92 Å². The highest BCUT2D eigenvalue weighted by Gasteiger charge is 2.29. The topological polar surface area (TPSA) is 49.4 Å². The number of nitrogens with one attached hydrogen (secondary N) is 1. The molecule has 1 rings (SSSR count). The van der Waals surface area contributed by atoms with E-state index in [1.165, 1.54) is 4.90 Å². The minimum atomic E-state index is -0.00699. The Morgan fingerprint density at radius 2 is 1.82 bits per heavy atom. The number of rotatable bonds is 6. The molecular formula is C13H24N2O2. The zero-order valence-electron chi connectivity index (χ0n) is 11.2. The molecule has 2 amide bonds. The van der Waals surface area contributed by atoms with E-state index in [-0.39, 0.29) is 17.9 Å². The summed E-state index contributed by atoms with van der Waals surface area (Å²) in [5.74, 6) is 0.456. The molecule has 1 fully saturated rings.